The third kappa shape index (κ3) is 4.70. The van der Waals surface area contributed by atoms with Gasteiger partial charge < -0.3 is 14.8 Å². The van der Waals surface area contributed by atoms with Crippen LogP contribution in [-0.2, 0) is 0 Å². The number of aliphatic hydroxyl groups excluding tert-OH is 1. The Morgan fingerprint density at radius 3 is 2.79 bits per heavy atom. The summed E-state index contributed by atoms with van der Waals surface area (Å²) in [5.74, 6) is -0.812. The highest BCUT2D eigenvalue weighted by atomic mass is 16.6. The molecule has 1 aromatic rings. The maximum absolute atomic E-state index is 11.7. The van der Waals surface area contributed by atoms with Crippen molar-refractivity contribution in [3.05, 3.63) is 28.0 Å². The first-order chi connectivity index (χ1) is 9.08. The molecule has 0 bridgehead atoms. The summed E-state index contributed by atoms with van der Waals surface area (Å²) in [7, 11) is 0. The largest absolute Gasteiger partial charge is 0.433 e. The Labute approximate surface area is 110 Å². The van der Waals surface area contributed by atoms with Gasteiger partial charge in [0.15, 0.2) is 5.76 Å². The van der Waals surface area contributed by atoms with Gasteiger partial charge in [0.2, 0.25) is 0 Å². The molecule has 1 aromatic heterocycles. The number of amides is 1. The average Bonchev–Trinajstić information content (AvgIpc) is 2.86. The third-order valence-corrected chi connectivity index (χ3v) is 2.78. The lowest BCUT2D eigenvalue weighted by Crippen LogP contribution is -2.29. The van der Waals surface area contributed by atoms with Gasteiger partial charge in [-0.1, -0.05) is 13.3 Å². The Morgan fingerprint density at radius 1 is 1.53 bits per heavy atom. The molecule has 0 aliphatic rings. The molecule has 7 heteroatoms. The molecule has 0 aliphatic heterocycles. The smallest absolute Gasteiger partial charge is 0.396 e. The molecule has 19 heavy (non-hydrogen) atoms. The van der Waals surface area contributed by atoms with E-state index in [1.165, 1.54) is 6.07 Å². The first-order valence-electron chi connectivity index (χ1n) is 6.21. The van der Waals surface area contributed by atoms with Crippen molar-refractivity contribution >= 4 is 11.8 Å². The van der Waals surface area contributed by atoms with Crippen LogP contribution in [0.1, 0.15) is 36.7 Å². The summed E-state index contributed by atoms with van der Waals surface area (Å²) in [6.07, 6.45) is 2.48. The van der Waals surface area contributed by atoms with Crippen molar-refractivity contribution in [1.82, 2.24) is 5.32 Å². The van der Waals surface area contributed by atoms with Crippen molar-refractivity contribution in [3.8, 4) is 0 Å². The predicted octanol–water partition coefficient (Wildman–Crippen LogP) is 1.72. The fourth-order valence-corrected chi connectivity index (χ4v) is 1.81. The number of nitrogens with zero attached hydrogens (tertiary/aromatic N) is 1. The molecule has 0 saturated carbocycles. The lowest BCUT2D eigenvalue weighted by molar-refractivity contribution is -0.402. The summed E-state index contributed by atoms with van der Waals surface area (Å²) in [6, 6.07) is 2.42. The normalized spacial score (nSPS) is 12.1. The van der Waals surface area contributed by atoms with Gasteiger partial charge in [0.25, 0.3) is 5.91 Å². The van der Waals surface area contributed by atoms with E-state index >= 15 is 0 Å². The van der Waals surface area contributed by atoms with Crippen LogP contribution < -0.4 is 5.32 Å². The van der Waals surface area contributed by atoms with Crippen LogP contribution in [0.15, 0.2) is 16.5 Å². The lowest BCUT2D eigenvalue weighted by Gasteiger charge is -2.14. The number of furan rings is 1. The predicted molar refractivity (Wildman–Crippen MR) is 67.8 cm³/mol. The second kappa shape index (κ2) is 7.52. The molecule has 1 heterocycles. The zero-order valence-electron chi connectivity index (χ0n) is 10.8. The highest BCUT2D eigenvalue weighted by Gasteiger charge is 2.18. The van der Waals surface area contributed by atoms with Crippen LogP contribution >= 0.6 is 0 Å². The Morgan fingerprint density at radius 2 is 2.26 bits per heavy atom. The number of carbonyl (C=O) groups excluding carboxylic acids is 1. The molecular weight excluding hydrogens is 252 g/mol. The number of carbonyl (C=O) groups is 1. The van der Waals surface area contributed by atoms with Gasteiger partial charge in [0.1, 0.15) is 4.92 Å². The van der Waals surface area contributed by atoms with E-state index in [2.05, 4.69) is 5.32 Å². The van der Waals surface area contributed by atoms with Gasteiger partial charge in [-0.05, 0) is 24.8 Å². The standard InChI is InChI=1S/C12H18N2O5/c1-2-3-9(6-7-15)8-13-12(16)10-4-5-11(19-10)14(17)18/h4-5,9,15H,2-3,6-8H2,1H3,(H,13,16). The Kier molecular flexibility index (Phi) is 6.01. The Hall–Kier alpha value is -1.89. The summed E-state index contributed by atoms with van der Waals surface area (Å²) in [4.78, 5) is 21.4. The molecule has 106 valence electrons. The molecule has 0 spiro atoms. The molecule has 0 radical (unpaired) electrons. The average molecular weight is 270 g/mol. The minimum Gasteiger partial charge on any atom is -0.396 e. The summed E-state index contributed by atoms with van der Waals surface area (Å²) < 4.78 is 4.80. The van der Waals surface area contributed by atoms with Crippen molar-refractivity contribution in [1.29, 1.82) is 0 Å². The third-order valence-electron chi connectivity index (χ3n) is 2.78. The van der Waals surface area contributed by atoms with E-state index in [-0.39, 0.29) is 18.3 Å². The fourth-order valence-electron chi connectivity index (χ4n) is 1.81. The second-order valence-electron chi connectivity index (χ2n) is 4.27. The number of aliphatic hydroxyl groups is 1. The van der Waals surface area contributed by atoms with Crippen LogP contribution in [-0.4, -0.2) is 29.1 Å². The first-order valence-corrected chi connectivity index (χ1v) is 6.21. The van der Waals surface area contributed by atoms with E-state index in [9.17, 15) is 14.9 Å². The monoisotopic (exact) mass is 270 g/mol. The van der Waals surface area contributed by atoms with Crippen LogP contribution in [0, 0.1) is 16.0 Å². The lowest BCUT2D eigenvalue weighted by atomic mass is 10.0. The molecular formula is C12H18N2O5. The van der Waals surface area contributed by atoms with Crippen LogP contribution in [0.5, 0.6) is 0 Å². The maximum atomic E-state index is 11.7. The fraction of sp³-hybridized carbons (Fsp3) is 0.583. The quantitative estimate of drug-likeness (QED) is 0.552. The van der Waals surface area contributed by atoms with Crippen LogP contribution in [0.2, 0.25) is 0 Å². The van der Waals surface area contributed by atoms with Gasteiger partial charge in [-0.2, -0.15) is 0 Å². The SMILES string of the molecule is CCCC(CCO)CNC(=O)c1ccc([N+](=O)[O-])o1. The highest BCUT2D eigenvalue weighted by Crippen LogP contribution is 2.16. The number of nitrogens with one attached hydrogen (secondary N) is 1. The van der Waals surface area contributed by atoms with E-state index in [0.717, 1.165) is 18.9 Å². The molecule has 1 atom stereocenters. The van der Waals surface area contributed by atoms with E-state index in [1.807, 2.05) is 6.92 Å². The Balaban J connectivity index is 2.51. The summed E-state index contributed by atoms with van der Waals surface area (Å²) in [5, 5.41) is 22.0. The second-order valence-corrected chi connectivity index (χ2v) is 4.27. The van der Waals surface area contributed by atoms with Crippen LogP contribution in [0.3, 0.4) is 0 Å². The molecule has 0 fully saturated rings. The van der Waals surface area contributed by atoms with Crippen molar-refractivity contribution < 1.29 is 19.2 Å². The minimum atomic E-state index is -0.692. The van der Waals surface area contributed by atoms with Crippen molar-refractivity contribution in [2.45, 2.75) is 26.2 Å². The van der Waals surface area contributed by atoms with Crippen LogP contribution in [0.4, 0.5) is 5.88 Å². The van der Waals surface area contributed by atoms with Crippen molar-refractivity contribution in [3.63, 3.8) is 0 Å². The van der Waals surface area contributed by atoms with E-state index in [0.29, 0.717) is 13.0 Å². The summed E-state index contributed by atoms with van der Waals surface area (Å²) in [6.45, 7) is 2.52. The molecule has 1 rings (SSSR count). The van der Waals surface area contributed by atoms with Crippen molar-refractivity contribution in [2.24, 2.45) is 5.92 Å². The topological polar surface area (TPSA) is 106 Å². The van der Waals surface area contributed by atoms with E-state index in [4.69, 9.17) is 9.52 Å². The number of hydrogen-bond donors (Lipinski definition) is 2. The zero-order valence-corrected chi connectivity index (χ0v) is 10.8. The first kappa shape index (κ1) is 15.2. The van der Waals surface area contributed by atoms with Gasteiger partial charge >= 0.3 is 5.88 Å². The molecule has 0 saturated heterocycles. The van der Waals surface area contributed by atoms with Gasteiger partial charge in [0.05, 0.1) is 6.07 Å². The molecule has 2 N–H and O–H groups in total. The molecule has 1 amide bonds. The molecule has 7 nitrogen and oxygen atoms in total. The highest BCUT2D eigenvalue weighted by molar-refractivity contribution is 5.91. The molecule has 1 unspecified atom stereocenters. The van der Waals surface area contributed by atoms with Gasteiger partial charge in [-0.15, -0.1) is 0 Å². The Bertz CT molecular complexity index is 424. The molecule has 0 aromatic carbocycles. The summed E-state index contributed by atoms with van der Waals surface area (Å²) >= 11 is 0. The maximum Gasteiger partial charge on any atom is 0.433 e. The summed E-state index contributed by atoms with van der Waals surface area (Å²) in [5.41, 5.74) is 0. The molecule has 0 aliphatic carbocycles. The van der Waals surface area contributed by atoms with Gasteiger partial charge in [-0.3, -0.25) is 14.9 Å². The zero-order chi connectivity index (χ0) is 14.3. The van der Waals surface area contributed by atoms with Crippen molar-refractivity contribution in [2.75, 3.05) is 13.2 Å². The van der Waals surface area contributed by atoms with E-state index in [1.54, 1.807) is 0 Å². The van der Waals surface area contributed by atoms with Gasteiger partial charge in [-0.25, -0.2) is 0 Å². The van der Waals surface area contributed by atoms with E-state index < -0.39 is 16.7 Å². The van der Waals surface area contributed by atoms with Gasteiger partial charge in [0, 0.05) is 13.2 Å². The number of hydrogen-bond acceptors (Lipinski definition) is 5. The van der Waals surface area contributed by atoms with Crippen LogP contribution in [0.25, 0.3) is 0 Å². The number of nitro groups is 1. The minimum absolute atomic E-state index is 0.0762. The number of rotatable bonds is 8.